The van der Waals surface area contributed by atoms with Gasteiger partial charge in [0, 0.05) is 5.56 Å². The molecule has 0 heterocycles. The number of hydrogen-bond donors (Lipinski definition) is 1. The number of rotatable bonds is 9. The molecule has 4 aromatic rings. The molecule has 5 heteroatoms. The van der Waals surface area contributed by atoms with Gasteiger partial charge in [-0.25, -0.2) is 0 Å². The fourth-order valence-electron chi connectivity index (χ4n) is 4.82. The molecule has 0 spiro atoms. The summed E-state index contributed by atoms with van der Waals surface area (Å²) >= 11 is 0. The number of ketones is 1. The molecule has 0 aliphatic heterocycles. The van der Waals surface area contributed by atoms with Crippen LogP contribution in [0.15, 0.2) is 121 Å². The smallest absolute Gasteiger partial charge is 0.261 e. The molecule has 0 fully saturated rings. The Kier molecular flexibility index (Phi) is 8.16. The van der Waals surface area contributed by atoms with Gasteiger partial charge in [0.25, 0.3) is 14.2 Å². The first-order valence-electron chi connectivity index (χ1n) is 12.5. The predicted molar refractivity (Wildman–Crippen MR) is 152 cm³/mol. The van der Waals surface area contributed by atoms with Crippen LogP contribution in [0.2, 0.25) is 5.04 Å². The Balaban J connectivity index is 1.69. The first kappa shape index (κ1) is 26.3. The standard InChI is InChI=1S/C32H33NO3Si/c1-32(2,3)37(27-20-12-6-13-21-27,28-22-14-7-15-23-28)36-24-29(34)30(25-16-8-4-9-17-25)33-31(35)26-18-10-5-11-19-26/h4-23,30H,24H2,1-3H3,(H,33,35)/t30-/m0/s1. The van der Waals surface area contributed by atoms with Crippen molar-refractivity contribution >= 4 is 30.4 Å². The average molecular weight is 508 g/mol. The Morgan fingerprint density at radius 1 is 0.703 bits per heavy atom. The lowest BCUT2D eigenvalue weighted by Gasteiger charge is -2.43. The highest BCUT2D eigenvalue weighted by molar-refractivity contribution is 6.99. The van der Waals surface area contributed by atoms with Gasteiger partial charge in [0.05, 0.1) is 6.61 Å². The van der Waals surface area contributed by atoms with Crippen LogP contribution in [0.1, 0.15) is 42.7 Å². The molecular weight excluding hydrogens is 474 g/mol. The predicted octanol–water partition coefficient (Wildman–Crippen LogP) is 5.30. The van der Waals surface area contributed by atoms with Crippen LogP contribution in [0.4, 0.5) is 0 Å². The van der Waals surface area contributed by atoms with Gasteiger partial charge >= 0.3 is 0 Å². The summed E-state index contributed by atoms with van der Waals surface area (Å²) < 4.78 is 6.86. The van der Waals surface area contributed by atoms with Gasteiger partial charge in [0.15, 0.2) is 5.78 Å². The second kappa shape index (κ2) is 11.5. The van der Waals surface area contributed by atoms with Crippen LogP contribution in [0.5, 0.6) is 0 Å². The van der Waals surface area contributed by atoms with Crippen molar-refractivity contribution in [1.82, 2.24) is 5.32 Å². The lowest BCUT2D eigenvalue weighted by molar-refractivity contribution is -0.123. The third kappa shape index (κ3) is 5.79. The summed E-state index contributed by atoms with van der Waals surface area (Å²) in [6.45, 7) is 6.41. The van der Waals surface area contributed by atoms with Crippen LogP contribution in [0.3, 0.4) is 0 Å². The minimum Gasteiger partial charge on any atom is -0.400 e. The second-order valence-corrected chi connectivity index (χ2v) is 14.4. The van der Waals surface area contributed by atoms with Crippen molar-refractivity contribution in [3.05, 3.63) is 132 Å². The van der Waals surface area contributed by atoms with Crippen molar-refractivity contribution in [2.75, 3.05) is 6.61 Å². The van der Waals surface area contributed by atoms with Crippen molar-refractivity contribution in [1.29, 1.82) is 0 Å². The summed E-state index contributed by atoms with van der Waals surface area (Å²) in [5.74, 6) is -0.489. The van der Waals surface area contributed by atoms with Crippen molar-refractivity contribution in [2.45, 2.75) is 31.9 Å². The van der Waals surface area contributed by atoms with Crippen LogP contribution in [-0.4, -0.2) is 26.6 Å². The monoisotopic (exact) mass is 507 g/mol. The van der Waals surface area contributed by atoms with Crippen molar-refractivity contribution in [3.63, 3.8) is 0 Å². The molecule has 1 atom stereocenters. The molecule has 0 saturated heterocycles. The van der Waals surface area contributed by atoms with E-state index in [2.05, 4.69) is 50.4 Å². The maximum atomic E-state index is 13.8. The van der Waals surface area contributed by atoms with E-state index in [0.717, 1.165) is 15.9 Å². The quantitative estimate of drug-likeness (QED) is 0.313. The van der Waals surface area contributed by atoms with E-state index < -0.39 is 14.4 Å². The average Bonchev–Trinajstić information content (AvgIpc) is 2.93. The first-order chi connectivity index (χ1) is 17.8. The molecular formula is C32H33NO3Si. The fraction of sp³-hybridized carbons (Fsp3) is 0.188. The summed E-state index contributed by atoms with van der Waals surface area (Å²) in [5, 5.41) is 4.90. The molecule has 37 heavy (non-hydrogen) atoms. The number of carbonyl (C=O) groups excluding carboxylic acids is 2. The van der Waals surface area contributed by atoms with Gasteiger partial charge in [-0.15, -0.1) is 0 Å². The summed E-state index contributed by atoms with van der Waals surface area (Å²) in [7, 11) is -2.90. The third-order valence-electron chi connectivity index (χ3n) is 6.61. The van der Waals surface area contributed by atoms with Gasteiger partial charge in [-0.1, -0.05) is 130 Å². The Morgan fingerprint density at radius 3 is 1.59 bits per heavy atom. The van der Waals surface area contributed by atoms with Crippen LogP contribution in [-0.2, 0) is 9.22 Å². The Bertz CT molecular complexity index is 1260. The molecule has 4 aromatic carbocycles. The lowest BCUT2D eigenvalue weighted by atomic mass is 10.0. The minimum atomic E-state index is -2.90. The van der Waals surface area contributed by atoms with E-state index in [1.54, 1.807) is 24.3 Å². The summed E-state index contributed by atoms with van der Waals surface area (Å²) in [6, 6.07) is 37.9. The number of nitrogens with one attached hydrogen (secondary N) is 1. The SMILES string of the molecule is CC(C)(C)[Si](OCC(=O)[C@@H](NC(=O)c1ccccc1)c1ccccc1)(c1ccccc1)c1ccccc1. The van der Waals surface area contributed by atoms with Gasteiger partial charge in [-0.05, 0) is 33.1 Å². The van der Waals surface area contributed by atoms with Crippen molar-refractivity contribution in [3.8, 4) is 0 Å². The molecule has 188 valence electrons. The third-order valence-corrected chi connectivity index (χ3v) is 11.6. The second-order valence-electron chi connectivity index (χ2n) is 10.1. The highest BCUT2D eigenvalue weighted by Crippen LogP contribution is 2.37. The van der Waals surface area contributed by atoms with Gasteiger partial charge in [0.2, 0.25) is 0 Å². The molecule has 1 amide bonds. The molecule has 4 rings (SSSR count). The van der Waals surface area contributed by atoms with Crippen LogP contribution >= 0.6 is 0 Å². The maximum absolute atomic E-state index is 13.8. The van der Waals surface area contributed by atoms with E-state index in [-0.39, 0.29) is 23.3 Å². The van der Waals surface area contributed by atoms with E-state index in [4.69, 9.17) is 4.43 Å². The fourth-order valence-corrected chi connectivity index (χ4v) is 9.34. The van der Waals surface area contributed by atoms with Gasteiger partial charge in [-0.2, -0.15) is 0 Å². The molecule has 0 aliphatic carbocycles. The zero-order valence-corrected chi connectivity index (χ0v) is 22.6. The van der Waals surface area contributed by atoms with Gasteiger partial charge < -0.3 is 9.74 Å². The van der Waals surface area contributed by atoms with E-state index in [9.17, 15) is 9.59 Å². The molecule has 0 aliphatic rings. The van der Waals surface area contributed by atoms with Crippen LogP contribution < -0.4 is 15.7 Å². The summed E-state index contributed by atoms with van der Waals surface area (Å²) in [4.78, 5) is 26.9. The van der Waals surface area contributed by atoms with E-state index in [1.807, 2.05) is 72.8 Å². The van der Waals surface area contributed by atoms with Crippen molar-refractivity contribution < 1.29 is 14.0 Å². The van der Waals surface area contributed by atoms with E-state index >= 15 is 0 Å². The number of hydrogen-bond acceptors (Lipinski definition) is 3. The number of amides is 1. The molecule has 4 nitrogen and oxygen atoms in total. The Labute approximate surface area is 220 Å². The molecule has 0 unspecified atom stereocenters. The maximum Gasteiger partial charge on any atom is 0.261 e. The van der Waals surface area contributed by atoms with Gasteiger partial charge in [0.1, 0.15) is 6.04 Å². The largest absolute Gasteiger partial charge is 0.400 e. The topological polar surface area (TPSA) is 55.4 Å². The van der Waals surface area contributed by atoms with Crippen LogP contribution in [0.25, 0.3) is 0 Å². The molecule has 0 aromatic heterocycles. The molecule has 1 N–H and O–H groups in total. The molecule has 0 saturated carbocycles. The zero-order valence-electron chi connectivity index (χ0n) is 21.6. The van der Waals surface area contributed by atoms with Gasteiger partial charge in [-0.3, -0.25) is 9.59 Å². The normalized spacial score (nSPS) is 12.5. The number of Topliss-reactive ketones (excluding diaryl/α,β-unsaturated/α-hetero) is 1. The van der Waals surface area contributed by atoms with E-state index in [0.29, 0.717) is 5.56 Å². The molecule has 0 bridgehead atoms. The highest BCUT2D eigenvalue weighted by Gasteiger charge is 2.50. The highest BCUT2D eigenvalue weighted by atomic mass is 28.4. The number of carbonyl (C=O) groups is 2. The van der Waals surface area contributed by atoms with E-state index in [1.165, 1.54) is 0 Å². The lowest BCUT2D eigenvalue weighted by Crippen LogP contribution is -2.67. The zero-order chi connectivity index (χ0) is 26.3. The Morgan fingerprint density at radius 2 is 1.14 bits per heavy atom. The van der Waals surface area contributed by atoms with Crippen LogP contribution in [0, 0.1) is 0 Å². The minimum absolute atomic E-state index is 0.123. The van der Waals surface area contributed by atoms with Crippen molar-refractivity contribution in [2.24, 2.45) is 0 Å². The number of benzene rings is 4. The first-order valence-corrected chi connectivity index (χ1v) is 14.4. The molecule has 0 radical (unpaired) electrons. The Hall–Kier alpha value is -3.80. The summed E-state index contributed by atoms with van der Waals surface area (Å²) in [6.07, 6.45) is 0. The summed E-state index contributed by atoms with van der Waals surface area (Å²) in [5.41, 5.74) is 1.23.